The van der Waals surface area contributed by atoms with Gasteiger partial charge < -0.3 is 24.1 Å². The van der Waals surface area contributed by atoms with E-state index in [1.54, 1.807) is 17.2 Å². The summed E-state index contributed by atoms with van der Waals surface area (Å²) < 4.78 is 7.20. The summed E-state index contributed by atoms with van der Waals surface area (Å²) in [5, 5.41) is 18.8. The second-order valence-electron chi connectivity index (χ2n) is 5.58. The molecule has 3 aromatic rings. The quantitative estimate of drug-likeness (QED) is 0.672. The van der Waals surface area contributed by atoms with Crippen molar-refractivity contribution < 1.29 is 14.6 Å². The number of imidazole rings is 1. The monoisotopic (exact) mass is 331 g/mol. The molecule has 3 aromatic heterocycles. The van der Waals surface area contributed by atoms with Gasteiger partial charge in [0.1, 0.15) is 12.1 Å². The average Bonchev–Trinajstić information content (AvgIpc) is 3.21. The van der Waals surface area contributed by atoms with E-state index in [1.807, 2.05) is 19.9 Å². The number of aryl methyl sites for hydroxylation is 1. The second kappa shape index (κ2) is 6.98. The highest BCUT2D eigenvalue weighted by atomic mass is 16.3. The highest BCUT2D eigenvalue weighted by Crippen LogP contribution is 2.25. The zero-order chi connectivity index (χ0) is 17.1. The predicted molar refractivity (Wildman–Crippen MR) is 88.7 cm³/mol. The summed E-state index contributed by atoms with van der Waals surface area (Å²) in [4.78, 5) is 15.1. The van der Waals surface area contributed by atoms with E-state index in [-0.39, 0.29) is 13.2 Å². The van der Waals surface area contributed by atoms with E-state index >= 15 is 0 Å². The molecule has 0 aliphatic heterocycles. The van der Waals surface area contributed by atoms with E-state index in [1.165, 1.54) is 6.33 Å². The normalized spacial score (nSPS) is 11.5. The Morgan fingerprint density at radius 3 is 2.67 bits per heavy atom. The number of aliphatic hydroxyl groups is 2. The Morgan fingerprint density at radius 2 is 2.04 bits per heavy atom. The minimum atomic E-state index is -0.472. The van der Waals surface area contributed by atoms with Crippen LogP contribution in [0.2, 0.25) is 0 Å². The van der Waals surface area contributed by atoms with Crippen molar-refractivity contribution in [1.82, 2.24) is 19.5 Å². The molecule has 0 atom stereocenters. The molecule has 0 fully saturated rings. The van der Waals surface area contributed by atoms with Gasteiger partial charge >= 0.3 is 0 Å². The van der Waals surface area contributed by atoms with E-state index in [0.29, 0.717) is 23.5 Å². The molecule has 0 unspecified atom stereocenters. The van der Waals surface area contributed by atoms with Crippen molar-refractivity contribution in [2.45, 2.75) is 26.4 Å². The third-order valence-corrected chi connectivity index (χ3v) is 4.14. The lowest BCUT2D eigenvalue weighted by molar-refractivity contribution is 0.156. The van der Waals surface area contributed by atoms with Crippen molar-refractivity contribution in [2.75, 3.05) is 24.7 Å². The zero-order valence-corrected chi connectivity index (χ0v) is 13.8. The van der Waals surface area contributed by atoms with Crippen LogP contribution in [0.15, 0.2) is 29.4 Å². The molecule has 0 aromatic carbocycles. The number of hydrogen-bond donors (Lipinski definition) is 2. The Kier molecular flexibility index (Phi) is 4.77. The van der Waals surface area contributed by atoms with Gasteiger partial charge in [-0.2, -0.15) is 0 Å². The minimum absolute atomic E-state index is 0.190. The summed E-state index contributed by atoms with van der Waals surface area (Å²) in [7, 11) is 0. The lowest BCUT2D eigenvalue weighted by atomic mass is 10.2. The maximum Gasteiger partial charge on any atom is 0.165 e. The molecule has 0 saturated heterocycles. The first-order valence-corrected chi connectivity index (χ1v) is 7.86. The summed E-state index contributed by atoms with van der Waals surface area (Å²) in [5.74, 6) is 1.58. The Balaban J connectivity index is 2.00. The molecule has 0 saturated carbocycles. The predicted octanol–water partition coefficient (Wildman–Crippen LogP) is 1.28. The van der Waals surface area contributed by atoms with Crippen LogP contribution in [0.25, 0.3) is 11.2 Å². The Hall–Kier alpha value is -2.45. The molecular formula is C16H21N5O3. The molecule has 0 amide bonds. The highest BCUT2D eigenvalue weighted by Gasteiger charge is 2.19. The van der Waals surface area contributed by atoms with E-state index in [4.69, 9.17) is 4.42 Å². The van der Waals surface area contributed by atoms with Crippen LogP contribution in [-0.2, 0) is 6.54 Å². The lowest BCUT2D eigenvalue weighted by Gasteiger charge is -2.21. The van der Waals surface area contributed by atoms with Crippen LogP contribution in [0.3, 0.4) is 0 Å². The maximum atomic E-state index is 9.41. The van der Waals surface area contributed by atoms with Crippen molar-refractivity contribution in [2.24, 2.45) is 0 Å². The first-order chi connectivity index (χ1) is 11.7. The summed E-state index contributed by atoms with van der Waals surface area (Å²) >= 11 is 0. The number of furan rings is 1. The molecule has 0 spiro atoms. The van der Waals surface area contributed by atoms with Gasteiger partial charge in [-0.25, -0.2) is 15.0 Å². The van der Waals surface area contributed by atoms with Gasteiger partial charge in [0, 0.05) is 6.54 Å². The van der Waals surface area contributed by atoms with Gasteiger partial charge in [0.05, 0.1) is 38.4 Å². The third kappa shape index (κ3) is 2.85. The fourth-order valence-electron chi connectivity index (χ4n) is 2.65. The number of aliphatic hydroxyl groups excluding tert-OH is 2. The molecule has 0 aliphatic rings. The van der Waals surface area contributed by atoms with Crippen LogP contribution >= 0.6 is 0 Å². The van der Waals surface area contributed by atoms with Crippen LogP contribution in [0.4, 0.5) is 5.82 Å². The molecule has 8 heteroatoms. The average molecular weight is 331 g/mol. The number of hydrogen-bond acceptors (Lipinski definition) is 7. The van der Waals surface area contributed by atoms with E-state index in [0.717, 1.165) is 17.9 Å². The summed E-state index contributed by atoms with van der Waals surface area (Å²) in [6.45, 7) is 4.96. The number of anilines is 1. The fourth-order valence-corrected chi connectivity index (χ4v) is 2.65. The van der Waals surface area contributed by atoms with Crippen LogP contribution < -0.4 is 4.90 Å². The Bertz CT molecular complexity index is 809. The van der Waals surface area contributed by atoms with Gasteiger partial charge in [-0.1, -0.05) is 0 Å². The van der Waals surface area contributed by atoms with E-state index in [9.17, 15) is 10.2 Å². The van der Waals surface area contributed by atoms with Gasteiger partial charge in [0.15, 0.2) is 17.0 Å². The van der Waals surface area contributed by atoms with Crippen LogP contribution in [0, 0.1) is 6.92 Å². The molecule has 3 rings (SSSR count). The number of aromatic nitrogens is 4. The molecule has 128 valence electrons. The van der Waals surface area contributed by atoms with Crippen LogP contribution in [-0.4, -0.2) is 49.5 Å². The second-order valence-corrected chi connectivity index (χ2v) is 5.58. The van der Waals surface area contributed by atoms with Crippen molar-refractivity contribution in [3.05, 3.63) is 36.3 Å². The Morgan fingerprint density at radius 1 is 1.25 bits per heavy atom. The van der Waals surface area contributed by atoms with Crippen LogP contribution in [0.1, 0.15) is 24.3 Å². The number of nitrogens with zero attached hydrogens (tertiary/aromatic N) is 5. The van der Waals surface area contributed by atoms with Crippen molar-refractivity contribution in [3.63, 3.8) is 0 Å². The summed E-state index contributed by atoms with van der Waals surface area (Å²) in [6.07, 6.45) is 4.72. The fraction of sp³-hybridized carbons (Fsp3) is 0.438. The number of fused-ring (bicyclic) bond motifs is 1. The maximum absolute atomic E-state index is 9.41. The number of rotatable bonds is 7. The molecule has 0 bridgehead atoms. The molecular weight excluding hydrogens is 310 g/mol. The topological polar surface area (TPSA) is 100 Å². The highest BCUT2D eigenvalue weighted by molar-refractivity contribution is 5.83. The van der Waals surface area contributed by atoms with E-state index < -0.39 is 6.04 Å². The summed E-state index contributed by atoms with van der Waals surface area (Å²) in [5.41, 5.74) is 2.31. The SMILES string of the molecule is CCN(Cc1occc1C)c1ncnc2c1ncn2C(CO)CO. The van der Waals surface area contributed by atoms with Gasteiger partial charge in [-0.15, -0.1) is 0 Å². The molecule has 8 nitrogen and oxygen atoms in total. The molecule has 3 heterocycles. The van der Waals surface area contributed by atoms with Gasteiger partial charge in [0.2, 0.25) is 0 Å². The smallest absolute Gasteiger partial charge is 0.165 e. The summed E-state index contributed by atoms with van der Waals surface area (Å²) in [6, 6.07) is 1.46. The van der Waals surface area contributed by atoms with Crippen molar-refractivity contribution in [3.8, 4) is 0 Å². The standard InChI is InChI=1S/C16H21N5O3/c1-3-20(6-13-11(2)4-5-24-13)15-14-16(18-9-17-15)21(10-19-14)12(7-22)8-23/h4-5,9-10,12,22-23H,3,6-8H2,1-2H3. The Labute approximate surface area is 139 Å². The van der Waals surface area contributed by atoms with Crippen LogP contribution in [0.5, 0.6) is 0 Å². The molecule has 24 heavy (non-hydrogen) atoms. The van der Waals surface area contributed by atoms with Crippen molar-refractivity contribution in [1.29, 1.82) is 0 Å². The zero-order valence-electron chi connectivity index (χ0n) is 13.8. The first kappa shape index (κ1) is 16.4. The van der Waals surface area contributed by atoms with Crippen molar-refractivity contribution >= 4 is 17.0 Å². The first-order valence-electron chi connectivity index (χ1n) is 7.86. The lowest BCUT2D eigenvalue weighted by Crippen LogP contribution is -2.24. The largest absolute Gasteiger partial charge is 0.467 e. The molecule has 0 radical (unpaired) electrons. The minimum Gasteiger partial charge on any atom is -0.467 e. The van der Waals surface area contributed by atoms with Gasteiger partial charge in [-0.05, 0) is 25.5 Å². The van der Waals surface area contributed by atoms with Gasteiger partial charge in [0.25, 0.3) is 0 Å². The van der Waals surface area contributed by atoms with E-state index in [2.05, 4.69) is 19.9 Å². The van der Waals surface area contributed by atoms with Gasteiger partial charge in [-0.3, -0.25) is 0 Å². The third-order valence-electron chi connectivity index (χ3n) is 4.14. The molecule has 0 aliphatic carbocycles. The molecule has 2 N–H and O–H groups in total.